The van der Waals surface area contributed by atoms with Crippen LogP contribution in [0.2, 0.25) is 0 Å². The Kier molecular flexibility index (Phi) is 6.36. The first-order chi connectivity index (χ1) is 9.90. The van der Waals surface area contributed by atoms with Crippen LogP contribution in [-0.2, 0) is 0 Å². The zero-order valence-corrected chi connectivity index (χ0v) is 13.4. The first-order valence-corrected chi connectivity index (χ1v) is 7.74. The highest BCUT2D eigenvalue weighted by Gasteiger charge is 2.17. The van der Waals surface area contributed by atoms with Gasteiger partial charge in [0.1, 0.15) is 5.75 Å². The zero-order chi connectivity index (χ0) is 16.0. The molecule has 6 nitrogen and oxygen atoms in total. The maximum atomic E-state index is 12.2. The minimum Gasteiger partial charge on any atom is -0.495 e. The third-order valence-electron chi connectivity index (χ3n) is 3.08. The fourth-order valence-electron chi connectivity index (χ4n) is 1.70. The molecule has 2 N–H and O–H groups in total. The molecule has 0 heterocycles. The molecule has 0 aliphatic rings. The monoisotopic (exact) mass is 312 g/mol. The quantitative estimate of drug-likeness (QED) is 0.844. The average Bonchev–Trinajstić information content (AvgIpc) is 2.46. The third kappa shape index (κ3) is 4.56. The van der Waals surface area contributed by atoms with E-state index < -0.39 is 5.97 Å². The number of rotatable bonds is 6. The Bertz CT molecular complexity index is 522. The molecule has 0 aromatic heterocycles. The summed E-state index contributed by atoms with van der Waals surface area (Å²) in [7, 11) is 3.16. The van der Waals surface area contributed by atoms with E-state index in [0.717, 1.165) is 5.75 Å². The number of aromatic carboxylic acids is 1. The van der Waals surface area contributed by atoms with E-state index >= 15 is 0 Å². The molecule has 1 aromatic rings. The van der Waals surface area contributed by atoms with Crippen molar-refractivity contribution in [2.45, 2.75) is 13.0 Å². The van der Waals surface area contributed by atoms with E-state index in [0.29, 0.717) is 11.4 Å². The lowest BCUT2D eigenvalue weighted by molar-refractivity contribution is 0.0697. The van der Waals surface area contributed by atoms with Crippen LogP contribution in [0.5, 0.6) is 5.75 Å². The predicted octanol–water partition coefficient (Wildman–Crippen LogP) is 2.61. The van der Waals surface area contributed by atoms with Crippen LogP contribution in [0.3, 0.4) is 0 Å². The SMILES string of the molecule is COc1ccc(C(=O)O)cc1NC(=O)N(C)C(C)CSC. The Labute approximate surface area is 128 Å². The van der Waals surface area contributed by atoms with Gasteiger partial charge in [-0.2, -0.15) is 11.8 Å². The Morgan fingerprint density at radius 2 is 2.14 bits per heavy atom. The molecule has 116 valence electrons. The number of hydrogen-bond acceptors (Lipinski definition) is 4. The van der Waals surface area contributed by atoms with Gasteiger partial charge in [-0.1, -0.05) is 0 Å². The van der Waals surface area contributed by atoms with Crippen molar-refractivity contribution in [2.24, 2.45) is 0 Å². The molecule has 0 spiro atoms. The summed E-state index contributed by atoms with van der Waals surface area (Å²) in [4.78, 5) is 24.8. The van der Waals surface area contributed by atoms with Crippen LogP contribution in [-0.4, -0.2) is 54.2 Å². The number of carboxylic acids is 1. The molecule has 7 heteroatoms. The van der Waals surface area contributed by atoms with Crippen LogP contribution in [0, 0.1) is 0 Å². The number of amides is 2. The van der Waals surface area contributed by atoms with E-state index in [2.05, 4.69) is 5.32 Å². The van der Waals surface area contributed by atoms with E-state index in [-0.39, 0.29) is 17.6 Å². The largest absolute Gasteiger partial charge is 0.495 e. The number of carbonyl (C=O) groups is 2. The number of urea groups is 1. The molecule has 0 aliphatic heterocycles. The number of ether oxygens (including phenoxy) is 1. The number of anilines is 1. The summed E-state index contributed by atoms with van der Waals surface area (Å²) in [5, 5.41) is 11.7. The third-order valence-corrected chi connectivity index (χ3v) is 3.89. The second kappa shape index (κ2) is 7.78. The number of carbonyl (C=O) groups excluding carboxylic acids is 1. The molecule has 0 bridgehead atoms. The molecule has 21 heavy (non-hydrogen) atoms. The number of nitrogens with one attached hydrogen (secondary N) is 1. The van der Waals surface area contributed by atoms with E-state index in [4.69, 9.17) is 9.84 Å². The fraction of sp³-hybridized carbons (Fsp3) is 0.429. The molecule has 2 amide bonds. The average molecular weight is 312 g/mol. The van der Waals surface area contributed by atoms with Gasteiger partial charge in [0, 0.05) is 18.8 Å². The van der Waals surface area contributed by atoms with Gasteiger partial charge in [-0.3, -0.25) is 0 Å². The van der Waals surface area contributed by atoms with E-state index in [9.17, 15) is 9.59 Å². The van der Waals surface area contributed by atoms with Crippen molar-refractivity contribution in [3.63, 3.8) is 0 Å². The molecule has 0 radical (unpaired) electrons. The van der Waals surface area contributed by atoms with Gasteiger partial charge in [-0.15, -0.1) is 0 Å². The second-order valence-electron chi connectivity index (χ2n) is 4.57. The van der Waals surface area contributed by atoms with Crippen molar-refractivity contribution < 1.29 is 19.4 Å². The normalized spacial score (nSPS) is 11.6. The molecule has 0 fully saturated rings. The van der Waals surface area contributed by atoms with Gasteiger partial charge < -0.3 is 20.1 Å². The van der Waals surface area contributed by atoms with Crippen molar-refractivity contribution in [1.29, 1.82) is 0 Å². The zero-order valence-electron chi connectivity index (χ0n) is 12.5. The lowest BCUT2D eigenvalue weighted by Crippen LogP contribution is -2.39. The Morgan fingerprint density at radius 3 is 2.67 bits per heavy atom. The summed E-state index contributed by atoms with van der Waals surface area (Å²) < 4.78 is 5.14. The van der Waals surface area contributed by atoms with Gasteiger partial charge in [0.15, 0.2) is 0 Å². The van der Waals surface area contributed by atoms with Gasteiger partial charge >= 0.3 is 12.0 Å². The second-order valence-corrected chi connectivity index (χ2v) is 5.48. The van der Waals surface area contributed by atoms with E-state index in [1.54, 1.807) is 23.7 Å². The molecule has 1 atom stereocenters. The van der Waals surface area contributed by atoms with Gasteiger partial charge in [0.2, 0.25) is 0 Å². The standard InChI is InChI=1S/C14H20N2O4S/c1-9(8-21-4)16(2)14(19)15-11-7-10(13(17)18)5-6-12(11)20-3/h5-7,9H,8H2,1-4H3,(H,15,19)(H,17,18). The van der Waals surface area contributed by atoms with Crippen LogP contribution < -0.4 is 10.1 Å². The number of benzene rings is 1. The minimum absolute atomic E-state index is 0.0636. The Balaban J connectivity index is 2.92. The highest BCUT2D eigenvalue weighted by atomic mass is 32.2. The summed E-state index contributed by atoms with van der Waals surface area (Å²) >= 11 is 1.65. The predicted molar refractivity (Wildman–Crippen MR) is 84.6 cm³/mol. The first-order valence-electron chi connectivity index (χ1n) is 6.34. The fourth-order valence-corrected chi connectivity index (χ4v) is 2.40. The van der Waals surface area contributed by atoms with E-state index in [1.165, 1.54) is 25.3 Å². The van der Waals surface area contributed by atoms with Crippen LogP contribution in [0.4, 0.5) is 10.5 Å². The van der Waals surface area contributed by atoms with Crippen LogP contribution in [0.25, 0.3) is 0 Å². The highest BCUT2D eigenvalue weighted by Crippen LogP contribution is 2.26. The number of thioether (sulfide) groups is 1. The number of methoxy groups -OCH3 is 1. The lowest BCUT2D eigenvalue weighted by atomic mass is 10.2. The summed E-state index contributed by atoms with van der Waals surface area (Å²) in [5.41, 5.74) is 0.427. The Hall–Kier alpha value is -1.89. The summed E-state index contributed by atoms with van der Waals surface area (Å²) in [6, 6.07) is 4.08. The van der Waals surface area contributed by atoms with Crippen molar-refractivity contribution >= 4 is 29.4 Å². The molecule has 1 unspecified atom stereocenters. The van der Waals surface area contributed by atoms with E-state index in [1.807, 2.05) is 13.2 Å². The number of nitrogens with zero attached hydrogens (tertiary/aromatic N) is 1. The lowest BCUT2D eigenvalue weighted by Gasteiger charge is -2.25. The van der Waals surface area contributed by atoms with Crippen molar-refractivity contribution in [3.05, 3.63) is 23.8 Å². The Morgan fingerprint density at radius 1 is 1.48 bits per heavy atom. The molecule has 1 rings (SSSR count). The summed E-state index contributed by atoms with van der Waals surface area (Å²) in [6.07, 6.45) is 1.97. The molecule has 1 aromatic carbocycles. The van der Waals surface area contributed by atoms with Gasteiger partial charge in [0.05, 0.1) is 18.4 Å². The van der Waals surface area contributed by atoms with Crippen LogP contribution >= 0.6 is 11.8 Å². The molecule has 0 aliphatic carbocycles. The maximum Gasteiger partial charge on any atom is 0.335 e. The topological polar surface area (TPSA) is 78.9 Å². The van der Waals surface area contributed by atoms with Gasteiger partial charge in [0.25, 0.3) is 0 Å². The van der Waals surface area contributed by atoms with Gasteiger partial charge in [-0.25, -0.2) is 9.59 Å². The van der Waals surface area contributed by atoms with Crippen LogP contribution in [0.1, 0.15) is 17.3 Å². The maximum absolute atomic E-state index is 12.2. The van der Waals surface area contributed by atoms with Gasteiger partial charge in [-0.05, 0) is 31.4 Å². The number of carboxylic acid groups (broad SMARTS) is 1. The van der Waals surface area contributed by atoms with Crippen molar-refractivity contribution in [3.8, 4) is 5.75 Å². The first kappa shape index (κ1) is 17.2. The van der Waals surface area contributed by atoms with Crippen LogP contribution in [0.15, 0.2) is 18.2 Å². The highest BCUT2D eigenvalue weighted by molar-refractivity contribution is 7.98. The summed E-state index contributed by atoms with van der Waals surface area (Å²) in [5.74, 6) is 0.174. The molecule has 0 saturated carbocycles. The minimum atomic E-state index is -1.06. The summed E-state index contributed by atoms with van der Waals surface area (Å²) in [6.45, 7) is 1.95. The smallest absolute Gasteiger partial charge is 0.335 e. The van der Waals surface area contributed by atoms with Crippen molar-refractivity contribution in [2.75, 3.05) is 31.5 Å². The molecular weight excluding hydrogens is 292 g/mol. The van der Waals surface area contributed by atoms with Crippen molar-refractivity contribution in [1.82, 2.24) is 4.90 Å². The number of hydrogen-bond donors (Lipinski definition) is 2. The molecule has 0 saturated heterocycles. The molecular formula is C14H20N2O4S.